The molecule has 1 nitrogen and oxygen atoms in total. The lowest BCUT2D eigenvalue weighted by molar-refractivity contribution is 0.0985. The predicted molar refractivity (Wildman–Crippen MR) is 80.5 cm³/mol. The molecule has 0 unspecified atom stereocenters. The molecular formula is C15H11Cl3O. The van der Waals surface area contributed by atoms with Crippen LogP contribution in [-0.4, -0.2) is 11.2 Å². The first-order valence-corrected chi connectivity index (χ1v) is 6.97. The Labute approximate surface area is 127 Å². The summed E-state index contributed by atoms with van der Waals surface area (Å²) in [6.07, 6.45) is 0. The second-order valence-corrected chi connectivity index (χ2v) is 5.46. The van der Waals surface area contributed by atoms with Gasteiger partial charge in [-0.3, -0.25) is 4.79 Å². The zero-order valence-electron chi connectivity index (χ0n) is 9.89. The molecule has 19 heavy (non-hydrogen) atoms. The topological polar surface area (TPSA) is 17.1 Å². The molecule has 0 amide bonds. The van der Waals surface area contributed by atoms with Crippen molar-refractivity contribution in [3.63, 3.8) is 0 Å². The van der Waals surface area contributed by atoms with Crippen molar-refractivity contribution in [2.24, 2.45) is 0 Å². The van der Waals surface area contributed by atoms with Gasteiger partial charge >= 0.3 is 0 Å². The van der Waals surface area contributed by atoms with Gasteiger partial charge in [0, 0.05) is 10.6 Å². The fraction of sp³-hybridized carbons (Fsp3) is 0.133. The fourth-order valence-corrected chi connectivity index (χ4v) is 2.37. The molecule has 98 valence electrons. The number of carbonyl (C=O) groups is 1. The van der Waals surface area contributed by atoms with E-state index in [1.165, 1.54) is 0 Å². The second-order valence-electron chi connectivity index (χ2n) is 4.09. The molecule has 0 saturated carbocycles. The molecule has 2 atom stereocenters. The number of benzene rings is 2. The number of hydrogen-bond donors (Lipinski definition) is 0. The van der Waals surface area contributed by atoms with E-state index < -0.39 is 10.8 Å². The molecule has 0 aliphatic rings. The van der Waals surface area contributed by atoms with Crippen LogP contribution >= 0.6 is 34.8 Å². The Bertz CT molecular complexity index is 551. The Balaban J connectivity index is 2.17. The van der Waals surface area contributed by atoms with Crippen molar-refractivity contribution in [2.45, 2.75) is 10.8 Å². The third-order valence-electron chi connectivity index (χ3n) is 2.75. The number of ketones is 1. The summed E-state index contributed by atoms with van der Waals surface area (Å²) in [5, 5.41) is -0.801. The number of carbonyl (C=O) groups excluding carboxylic acids is 1. The van der Waals surface area contributed by atoms with Gasteiger partial charge in [0.05, 0.1) is 5.38 Å². The number of rotatable bonds is 4. The van der Waals surface area contributed by atoms with Gasteiger partial charge in [0.1, 0.15) is 5.38 Å². The number of alkyl halides is 2. The van der Waals surface area contributed by atoms with Crippen LogP contribution < -0.4 is 0 Å². The number of halogens is 3. The molecule has 0 aliphatic heterocycles. The summed E-state index contributed by atoms with van der Waals surface area (Å²) >= 11 is 18.2. The van der Waals surface area contributed by atoms with Crippen molar-refractivity contribution < 1.29 is 4.79 Å². The maximum absolute atomic E-state index is 12.2. The van der Waals surface area contributed by atoms with E-state index in [1.54, 1.807) is 24.3 Å². The summed E-state index contributed by atoms with van der Waals surface area (Å²) in [6.45, 7) is 0. The Kier molecular flexibility index (Phi) is 4.87. The molecule has 0 fully saturated rings. The summed E-state index contributed by atoms with van der Waals surface area (Å²) in [5.74, 6) is -0.206. The number of Topliss-reactive ketones (excluding diaryl/α,β-unsaturated/α-hetero) is 1. The molecule has 0 N–H and O–H groups in total. The average Bonchev–Trinajstić information content (AvgIpc) is 2.46. The van der Waals surface area contributed by atoms with E-state index in [2.05, 4.69) is 0 Å². The third kappa shape index (κ3) is 3.50. The first-order chi connectivity index (χ1) is 9.09. The van der Waals surface area contributed by atoms with Crippen molar-refractivity contribution in [1.29, 1.82) is 0 Å². The van der Waals surface area contributed by atoms with E-state index >= 15 is 0 Å². The van der Waals surface area contributed by atoms with Crippen molar-refractivity contribution in [3.8, 4) is 0 Å². The molecule has 4 heteroatoms. The zero-order chi connectivity index (χ0) is 13.8. The molecule has 0 radical (unpaired) electrons. The van der Waals surface area contributed by atoms with Crippen LogP contribution in [0, 0.1) is 0 Å². The van der Waals surface area contributed by atoms with Gasteiger partial charge in [-0.2, -0.15) is 0 Å². The van der Waals surface area contributed by atoms with E-state index in [0.29, 0.717) is 10.6 Å². The van der Waals surface area contributed by atoms with Gasteiger partial charge in [-0.1, -0.05) is 41.9 Å². The van der Waals surface area contributed by atoms with Crippen LogP contribution in [0.4, 0.5) is 0 Å². The zero-order valence-corrected chi connectivity index (χ0v) is 12.2. The lowest BCUT2D eigenvalue weighted by atomic mass is 10.0. The molecule has 0 saturated heterocycles. The van der Waals surface area contributed by atoms with Gasteiger partial charge in [0.15, 0.2) is 5.78 Å². The SMILES string of the molecule is O=C(c1ccc(Cl)cc1)[C@H](Cl)[C@H](Cl)c1ccccc1. The van der Waals surface area contributed by atoms with E-state index in [9.17, 15) is 4.79 Å². The van der Waals surface area contributed by atoms with Gasteiger partial charge in [-0.25, -0.2) is 0 Å². The quantitative estimate of drug-likeness (QED) is 0.566. The van der Waals surface area contributed by atoms with Crippen molar-refractivity contribution >= 4 is 40.6 Å². The summed E-state index contributed by atoms with van der Waals surface area (Å²) < 4.78 is 0. The fourth-order valence-electron chi connectivity index (χ4n) is 1.71. The van der Waals surface area contributed by atoms with Crippen molar-refractivity contribution in [1.82, 2.24) is 0 Å². The van der Waals surface area contributed by atoms with Crippen molar-refractivity contribution in [3.05, 3.63) is 70.7 Å². The van der Waals surface area contributed by atoms with E-state index in [4.69, 9.17) is 34.8 Å². The van der Waals surface area contributed by atoms with E-state index in [0.717, 1.165) is 5.56 Å². The van der Waals surface area contributed by atoms with E-state index in [-0.39, 0.29) is 5.78 Å². The largest absolute Gasteiger partial charge is 0.292 e. The molecule has 0 spiro atoms. The minimum Gasteiger partial charge on any atom is -0.292 e. The molecule has 2 rings (SSSR count). The highest BCUT2D eigenvalue weighted by molar-refractivity contribution is 6.39. The van der Waals surface area contributed by atoms with Gasteiger partial charge in [0.2, 0.25) is 0 Å². The molecular weight excluding hydrogens is 303 g/mol. The summed E-state index contributed by atoms with van der Waals surface area (Å²) in [5.41, 5.74) is 1.33. The minimum atomic E-state index is -0.815. The molecule has 2 aromatic rings. The molecule has 0 heterocycles. The monoisotopic (exact) mass is 312 g/mol. The third-order valence-corrected chi connectivity index (χ3v) is 4.09. The van der Waals surface area contributed by atoms with Crippen LogP contribution in [0.1, 0.15) is 21.3 Å². The Hall–Kier alpha value is -1.02. The van der Waals surface area contributed by atoms with Crippen LogP contribution in [0.15, 0.2) is 54.6 Å². The van der Waals surface area contributed by atoms with E-state index in [1.807, 2.05) is 30.3 Å². The van der Waals surface area contributed by atoms with Crippen LogP contribution in [0.3, 0.4) is 0 Å². The minimum absolute atomic E-state index is 0.206. The Morgan fingerprint density at radius 2 is 1.47 bits per heavy atom. The highest BCUT2D eigenvalue weighted by Gasteiger charge is 2.26. The maximum Gasteiger partial charge on any atom is 0.182 e. The van der Waals surface area contributed by atoms with Crippen LogP contribution in [0.2, 0.25) is 5.02 Å². The first-order valence-electron chi connectivity index (χ1n) is 5.72. The normalized spacial score (nSPS) is 13.8. The average molecular weight is 314 g/mol. The summed E-state index contributed by atoms with van der Waals surface area (Å²) in [7, 11) is 0. The lowest BCUT2D eigenvalue weighted by Gasteiger charge is -2.15. The predicted octanol–water partition coefficient (Wildman–Crippen LogP) is 5.11. The Morgan fingerprint density at radius 1 is 0.895 bits per heavy atom. The molecule has 0 aliphatic carbocycles. The highest BCUT2D eigenvalue weighted by atomic mass is 35.5. The van der Waals surface area contributed by atoms with Gasteiger partial charge in [0.25, 0.3) is 0 Å². The molecule has 0 bridgehead atoms. The number of hydrogen-bond acceptors (Lipinski definition) is 1. The summed E-state index contributed by atoms with van der Waals surface area (Å²) in [6, 6.07) is 15.9. The van der Waals surface area contributed by atoms with Crippen LogP contribution in [-0.2, 0) is 0 Å². The lowest BCUT2D eigenvalue weighted by Crippen LogP contribution is -2.19. The highest BCUT2D eigenvalue weighted by Crippen LogP contribution is 2.30. The smallest absolute Gasteiger partial charge is 0.182 e. The van der Waals surface area contributed by atoms with Crippen molar-refractivity contribution in [2.75, 3.05) is 0 Å². The standard InChI is InChI=1S/C15H11Cl3O/c16-12-8-6-11(7-9-12)15(19)14(18)13(17)10-4-2-1-3-5-10/h1-9,13-14H/t13-,14-/m1/s1. The molecule has 0 aromatic heterocycles. The molecule has 2 aromatic carbocycles. The van der Waals surface area contributed by atoms with Gasteiger partial charge in [-0.15, -0.1) is 23.2 Å². The second kappa shape index (κ2) is 6.42. The van der Waals surface area contributed by atoms with Crippen LogP contribution in [0.5, 0.6) is 0 Å². The van der Waals surface area contributed by atoms with Gasteiger partial charge < -0.3 is 0 Å². The Morgan fingerprint density at radius 3 is 2.05 bits per heavy atom. The van der Waals surface area contributed by atoms with Crippen LogP contribution in [0.25, 0.3) is 0 Å². The van der Waals surface area contributed by atoms with Gasteiger partial charge in [-0.05, 0) is 29.8 Å². The first kappa shape index (κ1) is 14.4. The maximum atomic E-state index is 12.2. The summed E-state index contributed by atoms with van der Waals surface area (Å²) in [4.78, 5) is 12.2.